The number of nitriles is 1. The van der Waals surface area contributed by atoms with E-state index >= 15 is 0 Å². The zero-order chi connectivity index (χ0) is 15.2. The van der Waals surface area contributed by atoms with Crippen LogP contribution in [-0.4, -0.2) is 27.4 Å². The first-order valence-electron chi connectivity index (χ1n) is 6.76. The number of aromatic nitrogens is 2. The van der Waals surface area contributed by atoms with Gasteiger partial charge in [-0.1, -0.05) is 30.3 Å². The Hall–Kier alpha value is -2.61. The quantitative estimate of drug-likeness (QED) is 0.839. The molecular formula is C16H18N4O. The minimum Gasteiger partial charge on any atom is -0.337 e. The highest BCUT2D eigenvalue weighted by Crippen LogP contribution is 2.12. The Morgan fingerprint density at radius 2 is 2.14 bits per heavy atom. The summed E-state index contributed by atoms with van der Waals surface area (Å²) in [5.41, 5.74) is 0.989. The van der Waals surface area contributed by atoms with Gasteiger partial charge in [0.1, 0.15) is 11.7 Å². The van der Waals surface area contributed by atoms with E-state index in [4.69, 9.17) is 0 Å². The van der Waals surface area contributed by atoms with Crippen LogP contribution in [0.15, 0.2) is 42.7 Å². The molecule has 0 aliphatic carbocycles. The van der Waals surface area contributed by atoms with Crippen LogP contribution < -0.4 is 0 Å². The molecule has 0 aliphatic heterocycles. The van der Waals surface area contributed by atoms with Crippen molar-refractivity contribution in [2.24, 2.45) is 13.0 Å². The van der Waals surface area contributed by atoms with Gasteiger partial charge in [0.2, 0.25) is 5.91 Å². The molecular weight excluding hydrogens is 264 g/mol. The van der Waals surface area contributed by atoms with Crippen molar-refractivity contribution in [1.82, 2.24) is 14.5 Å². The molecule has 1 aromatic heterocycles. The number of hydrogen-bond acceptors (Lipinski definition) is 3. The molecule has 0 N–H and O–H groups in total. The van der Waals surface area contributed by atoms with Gasteiger partial charge in [-0.2, -0.15) is 5.26 Å². The van der Waals surface area contributed by atoms with E-state index in [0.29, 0.717) is 13.0 Å². The third-order valence-corrected chi connectivity index (χ3v) is 3.41. The molecule has 0 aliphatic rings. The Morgan fingerprint density at radius 3 is 2.71 bits per heavy atom. The molecule has 0 fully saturated rings. The van der Waals surface area contributed by atoms with E-state index in [-0.39, 0.29) is 5.91 Å². The Bertz CT molecular complexity index is 642. The molecule has 1 heterocycles. The van der Waals surface area contributed by atoms with E-state index in [2.05, 4.69) is 11.1 Å². The number of nitrogens with zero attached hydrogens (tertiary/aromatic N) is 4. The fourth-order valence-corrected chi connectivity index (χ4v) is 2.14. The third-order valence-electron chi connectivity index (χ3n) is 3.41. The van der Waals surface area contributed by atoms with Crippen molar-refractivity contribution in [1.29, 1.82) is 5.26 Å². The molecule has 0 saturated heterocycles. The number of rotatable bonds is 5. The van der Waals surface area contributed by atoms with Gasteiger partial charge in [0.25, 0.3) is 0 Å². The Kier molecular flexibility index (Phi) is 4.72. The van der Waals surface area contributed by atoms with E-state index in [1.54, 1.807) is 18.1 Å². The minimum absolute atomic E-state index is 0.177. The van der Waals surface area contributed by atoms with Gasteiger partial charge in [-0.05, 0) is 12.0 Å². The zero-order valence-electron chi connectivity index (χ0n) is 12.2. The third kappa shape index (κ3) is 3.69. The number of hydrogen-bond donors (Lipinski definition) is 0. The normalized spacial score (nSPS) is 11.7. The van der Waals surface area contributed by atoms with Crippen molar-refractivity contribution in [3.05, 3.63) is 54.1 Å². The van der Waals surface area contributed by atoms with Crippen molar-refractivity contribution >= 4 is 5.91 Å². The summed E-state index contributed by atoms with van der Waals surface area (Å²) in [6, 6.07) is 11.7. The molecule has 21 heavy (non-hydrogen) atoms. The van der Waals surface area contributed by atoms with Crippen LogP contribution in [0.1, 0.15) is 11.4 Å². The summed E-state index contributed by atoms with van der Waals surface area (Å²) in [4.78, 5) is 18.1. The van der Waals surface area contributed by atoms with E-state index in [1.165, 1.54) is 0 Å². The lowest BCUT2D eigenvalue weighted by molar-refractivity contribution is -0.133. The predicted octanol–water partition coefficient (Wildman–Crippen LogP) is 1.76. The summed E-state index contributed by atoms with van der Waals surface area (Å²) in [5, 5.41) is 9.27. The summed E-state index contributed by atoms with van der Waals surface area (Å²) in [6.45, 7) is 0.398. The first-order chi connectivity index (χ1) is 10.1. The monoisotopic (exact) mass is 282 g/mol. The van der Waals surface area contributed by atoms with Gasteiger partial charge in [-0.25, -0.2) is 4.98 Å². The number of benzene rings is 1. The predicted molar refractivity (Wildman–Crippen MR) is 78.9 cm³/mol. The fourth-order valence-electron chi connectivity index (χ4n) is 2.14. The average Bonchev–Trinajstić information content (AvgIpc) is 2.90. The van der Waals surface area contributed by atoms with Gasteiger partial charge in [-0.3, -0.25) is 4.79 Å². The standard InChI is InChI=1S/C16H18N4O/c1-19-9-8-18-15(19)12-20(2)16(21)14(11-17)10-13-6-4-3-5-7-13/h3-9,14H,10,12H2,1-2H3. The second kappa shape index (κ2) is 6.71. The highest BCUT2D eigenvalue weighted by Gasteiger charge is 2.23. The minimum atomic E-state index is -0.669. The molecule has 108 valence electrons. The lowest BCUT2D eigenvalue weighted by Gasteiger charge is -2.19. The first-order valence-corrected chi connectivity index (χ1v) is 6.76. The van der Waals surface area contributed by atoms with Gasteiger partial charge in [0.05, 0.1) is 12.6 Å². The summed E-state index contributed by atoms with van der Waals surface area (Å²) >= 11 is 0. The Morgan fingerprint density at radius 1 is 1.43 bits per heavy atom. The van der Waals surface area contributed by atoms with Gasteiger partial charge in [0, 0.05) is 26.5 Å². The van der Waals surface area contributed by atoms with E-state index in [9.17, 15) is 10.1 Å². The van der Waals surface area contributed by atoms with Crippen LogP contribution in [0.3, 0.4) is 0 Å². The Labute approximate surface area is 124 Å². The van der Waals surface area contributed by atoms with Gasteiger partial charge in [0.15, 0.2) is 0 Å². The molecule has 0 bridgehead atoms. The number of carbonyl (C=O) groups excluding carboxylic acids is 1. The lowest BCUT2D eigenvalue weighted by atomic mass is 9.99. The van der Waals surface area contributed by atoms with E-state index in [1.807, 2.05) is 48.1 Å². The van der Waals surface area contributed by atoms with Crippen LogP contribution in [0.4, 0.5) is 0 Å². The van der Waals surface area contributed by atoms with Crippen molar-refractivity contribution < 1.29 is 4.79 Å². The molecule has 1 amide bonds. The molecule has 0 radical (unpaired) electrons. The van der Waals surface area contributed by atoms with Crippen LogP contribution in [0.2, 0.25) is 0 Å². The van der Waals surface area contributed by atoms with Gasteiger partial charge >= 0.3 is 0 Å². The van der Waals surface area contributed by atoms with Crippen molar-refractivity contribution in [3.8, 4) is 6.07 Å². The van der Waals surface area contributed by atoms with Crippen molar-refractivity contribution in [2.75, 3.05) is 7.05 Å². The summed E-state index contributed by atoms with van der Waals surface area (Å²) < 4.78 is 1.86. The van der Waals surface area contributed by atoms with Crippen LogP contribution in [0, 0.1) is 17.2 Å². The lowest BCUT2D eigenvalue weighted by Crippen LogP contribution is -2.33. The molecule has 2 rings (SSSR count). The van der Waals surface area contributed by atoms with Gasteiger partial charge in [-0.15, -0.1) is 0 Å². The van der Waals surface area contributed by atoms with Crippen molar-refractivity contribution in [2.45, 2.75) is 13.0 Å². The molecule has 0 spiro atoms. The van der Waals surface area contributed by atoms with Gasteiger partial charge < -0.3 is 9.47 Å². The Balaban J connectivity index is 2.03. The van der Waals surface area contributed by atoms with E-state index in [0.717, 1.165) is 11.4 Å². The number of aryl methyl sites for hydroxylation is 1. The average molecular weight is 282 g/mol. The topological polar surface area (TPSA) is 61.9 Å². The highest BCUT2D eigenvalue weighted by molar-refractivity contribution is 5.81. The first kappa shape index (κ1) is 14.8. The molecule has 1 atom stereocenters. The zero-order valence-corrected chi connectivity index (χ0v) is 12.2. The van der Waals surface area contributed by atoms with Crippen LogP contribution in [0.25, 0.3) is 0 Å². The molecule has 2 aromatic rings. The smallest absolute Gasteiger partial charge is 0.240 e. The summed E-state index contributed by atoms with van der Waals surface area (Å²) in [7, 11) is 3.58. The van der Waals surface area contributed by atoms with E-state index < -0.39 is 5.92 Å². The fraction of sp³-hybridized carbons (Fsp3) is 0.312. The number of imidazole rings is 1. The van der Waals surface area contributed by atoms with Crippen molar-refractivity contribution in [3.63, 3.8) is 0 Å². The largest absolute Gasteiger partial charge is 0.337 e. The second-order valence-corrected chi connectivity index (χ2v) is 5.02. The van der Waals surface area contributed by atoms with Crippen LogP contribution in [0.5, 0.6) is 0 Å². The maximum atomic E-state index is 12.4. The summed E-state index contributed by atoms with van der Waals surface area (Å²) in [6.07, 6.45) is 3.96. The van der Waals surface area contributed by atoms with Crippen LogP contribution >= 0.6 is 0 Å². The summed E-state index contributed by atoms with van der Waals surface area (Å²) in [5.74, 6) is -0.0516. The second-order valence-electron chi connectivity index (χ2n) is 5.02. The van der Waals surface area contributed by atoms with Crippen LogP contribution in [-0.2, 0) is 24.8 Å². The molecule has 1 unspecified atom stereocenters. The highest BCUT2D eigenvalue weighted by atomic mass is 16.2. The molecule has 5 heteroatoms. The molecule has 0 saturated carbocycles. The SMILES string of the molecule is CN(Cc1nccn1C)C(=O)C(C#N)Cc1ccccc1. The maximum Gasteiger partial charge on any atom is 0.240 e. The number of carbonyl (C=O) groups is 1. The number of amides is 1. The molecule has 1 aromatic carbocycles. The maximum absolute atomic E-state index is 12.4. The molecule has 5 nitrogen and oxygen atoms in total.